The van der Waals surface area contributed by atoms with E-state index >= 15 is 0 Å². The zero-order valence-electron chi connectivity index (χ0n) is 15.6. The second kappa shape index (κ2) is 8.70. The monoisotopic (exact) mass is 518 g/mol. The van der Waals surface area contributed by atoms with Crippen molar-refractivity contribution in [2.24, 2.45) is 0 Å². The van der Waals surface area contributed by atoms with E-state index in [9.17, 15) is 19.2 Å². The molecule has 3 aromatic rings. The summed E-state index contributed by atoms with van der Waals surface area (Å²) in [6.45, 7) is -0.470. The maximum absolute atomic E-state index is 12.7. The number of imide groups is 1. The number of para-hydroxylation sites is 1. The van der Waals surface area contributed by atoms with Crippen LogP contribution in [-0.2, 0) is 9.59 Å². The van der Waals surface area contributed by atoms with Gasteiger partial charge in [0.15, 0.2) is 0 Å². The van der Waals surface area contributed by atoms with Gasteiger partial charge < -0.3 is 9.73 Å². The fourth-order valence-corrected chi connectivity index (χ4v) is 4.13. The summed E-state index contributed by atoms with van der Waals surface area (Å²) in [5.74, 6) is -1.22. The molecule has 1 saturated heterocycles. The molecule has 1 aliphatic rings. The van der Waals surface area contributed by atoms with Gasteiger partial charge in [-0.3, -0.25) is 19.3 Å². The third-order valence-electron chi connectivity index (χ3n) is 4.33. The van der Waals surface area contributed by atoms with Gasteiger partial charge in [0.2, 0.25) is 5.91 Å². The van der Waals surface area contributed by atoms with Crippen molar-refractivity contribution < 1.29 is 18.8 Å². The maximum atomic E-state index is 12.7. The Morgan fingerprint density at radius 2 is 1.94 bits per heavy atom. The molecule has 7 nitrogen and oxygen atoms in total. The number of nitrogens with one attached hydrogen (secondary N) is 1. The van der Waals surface area contributed by atoms with Crippen molar-refractivity contribution in [1.82, 2.24) is 4.90 Å². The quantitative estimate of drug-likeness (QED) is 0.390. The molecular formula is C21H12BrClN2O5S. The summed E-state index contributed by atoms with van der Waals surface area (Å²) in [7, 11) is 0. The SMILES string of the molecule is O=C(CN1C(=O)S/C(=C/c2cc3ccccc3oc2=O)C1=O)Nc1ccc(Br)c(Cl)c1. The Labute approximate surface area is 193 Å². The van der Waals surface area contributed by atoms with E-state index in [1.807, 2.05) is 0 Å². The molecule has 1 fully saturated rings. The summed E-state index contributed by atoms with van der Waals surface area (Å²) in [5, 5.41) is 3.07. The molecule has 0 spiro atoms. The smallest absolute Gasteiger partial charge is 0.343 e. The first-order valence-electron chi connectivity index (χ1n) is 8.85. The highest BCUT2D eigenvalue weighted by Gasteiger charge is 2.36. The van der Waals surface area contributed by atoms with Crippen LogP contribution in [-0.4, -0.2) is 28.5 Å². The molecule has 0 aliphatic carbocycles. The van der Waals surface area contributed by atoms with Gasteiger partial charge in [-0.2, -0.15) is 0 Å². The Balaban J connectivity index is 1.52. The number of carbonyl (C=O) groups excluding carboxylic acids is 3. The molecule has 156 valence electrons. The molecular weight excluding hydrogens is 508 g/mol. The van der Waals surface area contributed by atoms with Crippen molar-refractivity contribution in [3.63, 3.8) is 0 Å². The molecule has 2 heterocycles. The van der Waals surface area contributed by atoms with Crippen LogP contribution in [0, 0.1) is 0 Å². The van der Waals surface area contributed by atoms with Crippen LogP contribution < -0.4 is 10.9 Å². The van der Waals surface area contributed by atoms with Crippen molar-refractivity contribution in [3.8, 4) is 0 Å². The molecule has 2 aromatic carbocycles. The summed E-state index contributed by atoms with van der Waals surface area (Å²) in [6.07, 6.45) is 1.30. The van der Waals surface area contributed by atoms with Crippen molar-refractivity contribution in [2.75, 3.05) is 11.9 Å². The summed E-state index contributed by atoms with van der Waals surface area (Å²) in [6, 6.07) is 13.4. The van der Waals surface area contributed by atoms with Crippen LogP contribution in [0.15, 0.2) is 67.1 Å². The Morgan fingerprint density at radius 3 is 2.71 bits per heavy atom. The number of hydrogen-bond acceptors (Lipinski definition) is 6. The van der Waals surface area contributed by atoms with E-state index in [1.165, 1.54) is 12.1 Å². The summed E-state index contributed by atoms with van der Waals surface area (Å²) >= 11 is 9.91. The van der Waals surface area contributed by atoms with Gasteiger partial charge in [0.1, 0.15) is 12.1 Å². The second-order valence-electron chi connectivity index (χ2n) is 6.47. The molecule has 0 radical (unpaired) electrons. The topological polar surface area (TPSA) is 96.7 Å². The molecule has 0 saturated carbocycles. The van der Waals surface area contributed by atoms with E-state index in [4.69, 9.17) is 16.0 Å². The van der Waals surface area contributed by atoms with Gasteiger partial charge in [0, 0.05) is 15.5 Å². The normalized spacial score (nSPS) is 15.2. The molecule has 3 amide bonds. The lowest BCUT2D eigenvalue weighted by molar-refractivity contribution is -0.127. The van der Waals surface area contributed by atoms with Gasteiger partial charge in [0.25, 0.3) is 11.1 Å². The molecule has 10 heteroatoms. The second-order valence-corrected chi connectivity index (χ2v) is 8.73. The number of hydrogen-bond donors (Lipinski definition) is 1. The maximum Gasteiger partial charge on any atom is 0.343 e. The van der Waals surface area contributed by atoms with Gasteiger partial charge >= 0.3 is 5.63 Å². The average Bonchev–Trinajstić information content (AvgIpc) is 2.98. The Bertz CT molecular complexity index is 1340. The van der Waals surface area contributed by atoms with Crippen LogP contribution in [0.4, 0.5) is 10.5 Å². The van der Waals surface area contributed by atoms with Crippen LogP contribution in [0.1, 0.15) is 5.56 Å². The summed E-state index contributed by atoms with van der Waals surface area (Å²) in [4.78, 5) is 50.3. The lowest BCUT2D eigenvalue weighted by atomic mass is 10.2. The minimum absolute atomic E-state index is 0.0343. The Kier molecular flexibility index (Phi) is 5.99. The molecule has 1 aliphatic heterocycles. The van der Waals surface area contributed by atoms with Gasteiger partial charge in [-0.05, 0) is 64.1 Å². The molecule has 0 bridgehead atoms. The molecule has 1 aromatic heterocycles. The van der Waals surface area contributed by atoms with E-state index in [0.29, 0.717) is 37.9 Å². The predicted octanol–water partition coefficient (Wildman–Crippen LogP) is 4.88. The van der Waals surface area contributed by atoms with Crippen molar-refractivity contribution in [2.45, 2.75) is 0 Å². The third-order valence-corrected chi connectivity index (χ3v) is 6.47. The van der Waals surface area contributed by atoms with Crippen molar-refractivity contribution >= 4 is 79.1 Å². The third kappa shape index (κ3) is 4.58. The first-order valence-corrected chi connectivity index (χ1v) is 10.8. The molecule has 31 heavy (non-hydrogen) atoms. The minimum atomic E-state index is -0.661. The number of halogens is 2. The molecule has 4 rings (SSSR count). The van der Waals surface area contributed by atoms with Crippen LogP contribution >= 0.6 is 39.3 Å². The van der Waals surface area contributed by atoms with Gasteiger partial charge in [-0.1, -0.05) is 29.8 Å². The number of benzene rings is 2. The van der Waals surface area contributed by atoms with Gasteiger partial charge in [-0.15, -0.1) is 0 Å². The highest BCUT2D eigenvalue weighted by atomic mass is 79.9. The highest BCUT2D eigenvalue weighted by Crippen LogP contribution is 2.32. The van der Waals surface area contributed by atoms with Crippen LogP contribution in [0.3, 0.4) is 0 Å². The van der Waals surface area contributed by atoms with Crippen LogP contribution in [0.25, 0.3) is 17.0 Å². The van der Waals surface area contributed by atoms with E-state index < -0.39 is 29.2 Å². The van der Waals surface area contributed by atoms with Gasteiger partial charge in [0.05, 0.1) is 15.5 Å². The van der Waals surface area contributed by atoms with E-state index in [-0.39, 0.29) is 10.5 Å². The summed E-state index contributed by atoms with van der Waals surface area (Å²) in [5.41, 5.74) is 0.352. The number of nitrogens with zero attached hydrogens (tertiary/aromatic N) is 1. The van der Waals surface area contributed by atoms with Gasteiger partial charge in [-0.25, -0.2) is 4.79 Å². The number of rotatable bonds is 4. The van der Waals surface area contributed by atoms with Crippen molar-refractivity contribution in [1.29, 1.82) is 0 Å². The van der Waals surface area contributed by atoms with E-state index in [2.05, 4.69) is 21.2 Å². The predicted molar refractivity (Wildman–Crippen MR) is 123 cm³/mol. The molecule has 0 atom stereocenters. The van der Waals surface area contributed by atoms with E-state index in [1.54, 1.807) is 42.5 Å². The minimum Gasteiger partial charge on any atom is -0.422 e. The van der Waals surface area contributed by atoms with E-state index in [0.717, 1.165) is 4.90 Å². The fraction of sp³-hybridized carbons (Fsp3) is 0.0476. The lowest BCUT2D eigenvalue weighted by Crippen LogP contribution is -2.36. The van der Waals surface area contributed by atoms with Crippen LogP contribution in [0.5, 0.6) is 0 Å². The standard InChI is InChI=1S/C21H12BrClN2O5S/c22-14-6-5-13(9-15(14)23)24-18(26)10-25-19(27)17(31-21(25)29)8-12-7-11-3-1-2-4-16(11)30-20(12)28/h1-9H,10H2,(H,24,26)/b17-8+. The average molecular weight is 520 g/mol. The lowest BCUT2D eigenvalue weighted by Gasteiger charge is -2.12. The molecule has 1 N–H and O–H groups in total. The van der Waals surface area contributed by atoms with Crippen molar-refractivity contribution in [3.05, 3.63) is 78.9 Å². The first-order chi connectivity index (χ1) is 14.8. The summed E-state index contributed by atoms with van der Waals surface area (Å²) < 4.78 is 5.91. The zero-order valence-corrected chi connectivity index (χ0v) is 18.7. The zero-order chi connectivity index (χ0) is 22.1. The Morgan fingerprint density at radius 1 is 1.16 bits per heavy atom. The Hall–Kier alpha value is -2.88. The molecule has 0 unspecified atom stereocenters. The number of carbonyl (C=O) groups is 3. The number of amides is 3. The number of anilines is 1. The fourth-order valence-electron chi connectivity index (χ4n) is 2.87. The van der Waals surface area contributed by atoms with Crippen LogP contribution in [0.2, 0.25) is 5.02 Å². The first kappa shape index (κ1) is 21.4. The highest BCUT2D eigenvalue weighted by molar-refractivity contribution is 9.10. The number of fused-ring (bicyclic) bond motifs is 1. The largest absolute Gasteiger partial charge is 0.422 e. The number of thioether (sulfide) groups is 1.